The summed E-state index contributed by atoms with van der Waals surface area (Å²) in [5.74, 6) is 1.46. The smallest absolute Gasteiger partial charge is 0.282 e. The number of rotatable bonds is 7. The molecule has 0 saturated carbocycles. The molecule has 0 radical (unpaired) electrons. The Balaban J connectivity index is 1.47. The quantitative estimate of drug-likeness (QED) is 0.178. The Morgan fingerprint density at radius 1 is 0.976 bits per heavy atom. The van der Waals surface area contributed by atoms with Gasteiger partial charge in [0.05, 0.1) is 24.2 Å². The number of aromatic nitrogens is 2. The van der Waals surface area contributed by atoms with Crippen molar-refractivity contribution in [2.75, 3.05) is 7.11 Å². The summed E-state index contributed by atoms with van der Waals surface area (Å²) in [4.78, 5) is 18.4. The van der Waals surface area contributed by atoms with Crippen molar-refractivity contribution in [3.05, 3.63) is 122 Å². The van der Waals surface area contributed by atoms with Gasteiger partial charge in [0, 0.05) is 27.1 Å². The zero-order valence-electron chi connectivity index (χ0n) is 22.1. The third kappa shape index (κ3) is 5.42. The normalized spacial score (nSPS) is 11.5. The first-order chi connectivity index (χ1) is 19.9. The van der Waals surface area contributed by atoms with Gasteiger partial charge in [0.25, 0.3) is 5.56 Å². The maximum atomic E-state index is 13.7. The average Bonchev–Trinajstić information content (AvgIpc) is 3.39. The van der Waals surface area contributed by atoms with E-state index in [1.165, 1.54) is 18.0 Å². The van der Waals surface area contributed by atoms with Gasteiger partial charge in [0.15, 0.2) is 17.3 Å². The minimum atomic E-state index is -0.364. The minimum absolute atomic E-state index is 0.230. The van der Waals surface area contributed by atoms with Gasteiger partial charge in [-0.3, -0.25) is 4.79 Å². The molecule has 7 nitrogen and oxygen atoms in total. The molecule has 0 aliphatic carbocycles. The molecule has 2 heterocycles. The van der Waals surface area contributed by atoms with E-state index in [0.29, 0.717) is 56.0 Å². The van der Waals surface area contributed by atoms with E-state index >= 15 is 0 Å². The number of hydrogen-bond acceptors (Lipinski definition) is 6. The van der Waals surface area contributed by atoms with Gasteiger partial charge in [-0.05, 0) is 55.0 Å². The Hall–Kier alpha value is -4.59. The third-order valence-electron chi connectivity index (χ3n) is 6.54. The fraction of sp³-hybridized carbons (Fsp3) is 0.0938. The molecule has 0 fully saturated rings. The molecular formula is C32H23Cl2N3O4. The number of hydrogen-bond donors (Lipinski definition) is 0. The highest BCUT2D eigenvalue weighted by atomic mass is 35.5. The van der Waals surface area contributed by atoms with Crippen LogP contribution in [0.25, 0.3) is 33.5 Å². The topological polar surface area (TPSA) is 78.9 Å². The zero-order chi connectivity index (χ0) is 28.5. The number of ether oxygens (including phenoxy) is 2. The van der Waals surface area contributed by atoms with Crippen molar-refractivity contribution in [1.29, 1.82) is 0 Å². The van der Waals surface area contributed by atoms with Gasteiger partial charge < -0.3 is 13.9 Å². The summed E-state index contributed by atoms with van der Waals surface area (Å²) in [6.07, 6.45) is 1.50. The molecule has 6 rings (SSSR count). The molecule has 0 amide bonds. The standard InChI is InChI=1S/C32H23Cl2N3O4/c1-19-7-9-20(10-8-19)18-40-30-22(14-24(34)16-28(30)39-2)17-35-37-31(36-26-6-4-3-5-25(26)32(37)38)29-15-21-13-23(33)11-12-27(21)41-29/h3-17H,18H2,1-2H3. The van der Waals surface area contributed by atoms with Gasteiger partial charge in [-0.25, -0.2) is 4.98 Å². The van der Waals surface area contributed by atoms with Crippen molar-refractivity contribution in [2.45, 2.75) is 13.5 Å². The second-order valence-corrected chi connectivity index (χ2v) is 10.3. The summed E-state index contributed by atoms with van der Waals surface area (Å²) in [5.41, 5.74) is 3.42. The highest BCUT2D eigenvalue weighted by Crippen LogP contribution is 2.35. The van der Waals surface area contributed by atoms with Crippen LogP contribution in [0.15, 0.2) is 99.2 Å². The number of nitrogens with zero attached hydrogens (tertiary/aromatic N) is 3. The molecule has 0 atom stereocenters. The highest BCUT2D eigenvalue weighted by molar-refractivity contribution is 6.31. The molecule has 0 aliphatic heterocycles. The fourth-order valence-corrected chi connectivity index (χ4v) is 4.86. The molecule has 6 aromatic rings. The molecule has 204 valence electrons. The van der Waals surface area contributed by atoms with E-state index in [1.54, 1.807) is 54.6 Å². The van der Waals surface area contributed by atoms with E-state index in [1.807, 2.05) is 37.3 Å². The Morgan fingerprint density at radius 2 is 1.78 bits per heavy atom. The van der Waals surface area contributed by atoms with Crippen molar-refractivity contribution >= 4 is 51.3 Å². The summed E-state index contributed by atoms with van der Waals surface area (Å²) >= 11 is 12.6. The van der Waals surface area contributed by atoms with Gasteiger partial charge in [0.2, 0.25) is 5.82 Å². The van der Waals surface area contributed by atoms with Crippen molar-refractivity contribution < 1.29 is 13.9 Å². The van der Waals surface area contributed by atoms with E-state index in [9.17, 15) is 4.79 Å². The average molecular weight is 584 g/mol. The second-order valence-electron chi connectivity index (χ2n) is 9.41. The molecule has 41 heavy (non-hydrogen) atoms. The van der Waals surface area contributed by atoms with Gasteiger partial charge in [-0.15, -0.1) is 0 Å². The van der Waals surface area contributed by atoms with Gasteiger partial charge >= 0.3 is 0 Å². The van der Waals surface area contributed by atoms with E-state index in [0.717, 1.165) is 16.5 Å². The van der Waals surface area contributed by atoms with Crippen LogP contribution in [0.4, 0.5) is 0 Å². The Labute approximate surface area is 245 Å². The highest BCUT2D eigenvalue weighted by Gasteiger charge is 2.18. The summed E-state index contributed by atoms with van der Waals surface area (Å²) in [7, 11) is 1.54. The molecule has 0 unspecified atom stereocenters. The fourth-order valence-electron chi connectivity index (χ4n) is 4.47. The van der Waals surface area contributed by atoms with Crippen molar-refractivity contribution in [1.82, 2.24) is 9.66 Å². The summed E-state index contributed by atoms with van der Waals surface area (Å²) in [6.45, 7) is 2.32. The van der Waals surface area contributed by atoms with Crippen LogP contribution in [-0.2, 0) is 6.61 Å². The monoisotopic (exact) mass is 583 g/mol. The lowest BCUT2D eigenvalue weighted by Gasteiger charge is -2.14. The number of halogens is 2. The van der Waals surface area contributed by atoms with Crippen LogP contribution in [0, 0.1) is 6.92 Å². The first-order valence-corrected chi connectivity index (χ1v) is 13.5. The van der Waals surface area contributed by atoms with E-state index in [-0.39, 0.29) is 11.4 Å². The molecule has 0 aliphatic rings. The third-order valence-corrected chi connectivity index (χ3v) is 6.99. The number of fused-ring (bicyclic) bond motifs is 2. The van der Waals surface area contributed by atoms with Gasteiger partial charge in [-0.1, -0.05) is 65.2 Å². The maximum Gasteiger partial charge on any atom is 0.282 e. The number of furan rings is 1. The van der Waals surface area contributed by atoms with Crippen molar-refractivity contribution in [2.24, 2.45) is 5.10 Å². The van der Waals surface area contributed by atoms with Crippen LogP contribution in [0.2, 0.25) is 10.0 Å². The Bertz CT molecular complexity index is 2000. The van der Waals surface area contributed by atoms with Crippen LogP contribution in [0.1, 0.15) is 16.7 Å². The molecule has 0 saturated heterocycles. The van der Waals surface area contributed by atoms with Crippen LogP contribution >= 0.6 is 23.2 Å². The Kier molecular flexibility index (Phi) is 7.22. The molecule has 2 aromatic heterocycles. The van der Waals surface area contributed by atoms with Gasteiger partial charge in [0.1, 0.15) is 12.2 Å². The second kappa shape index (κ2) is 11.1. The number of aryl methyl sites for hydroxylation is 1. The number of benzene rings is 4. The van der Waals surface area contributed by atoms with Crippen molar-refractivity contribution in [3.63, 3.8) is 0 Å². The molecular weight excluding hydrogens is 561 g/mol. The molecule has 0 spiro atoms. The van der Waals surface area contributed by atoms with E-state index in [2.05, 4.69) is 5.10 Å². The van der Waals surface area contributed by atoms with Crippen LogP contribution < -0.4 is 15.0 Å². The Morgan fingerprint density at radius 3 is 2.59 bits per heavy atom. The molecule has 0 N–H and O–H groups in total. The lowest BCUT2D eigenvalue weighted by Crippen LogP contribution is -2.20. The SMILES string of the molecule is COc1cc(Cl)cc(C=Nn2c(-c3cc4cc(Cl)ccc4o3)nc3ccccc3c2=O)c1OCc1ccc(C)cc1. The molecule has 9 heteroatoms. The van der Waals surface area contributed by atoms with E-state index in [4.69, 9.17) is 42.1 Å². The first-order valence-electron chi connectivity index (χ1n) is 12.7. The van der Waals surface area contributed by atoms with E-state index < -0.39 is 0 Å². The summed E-state index contributed by atoms with van der Waals surface area (Å²) in [5, 5.41) is 6.74. The lowest BCUT2D eigenvalue weighted by atomic mass is 10.1. The molecule has 4 aromatic carbocycles. The van der Waals surface area contributed by atoms with Crippen LogP contribution in [-0.4, -0.2) is 23.0 Å². The van der Waals surface area contributed by atoms with Crippen molar-refractivity contribution in [3.8, 4) is 23.1 Å². The first kappa shape index (κ1) is 26.6. The lowest BCUT2D eigenvalue weighted by molar-refractivity contribution is 0.284. The molecule has 0 bridgehead atoms. The van der Waals surface area contributed by atoms with Gasteiger partial charge in [-0.2, -0.15) is 9.78 Å². The number of para-hydroxylation sites is 1. The number of methoxy groups -OCH3 is 1. The predicted molar refractivity (Wildman–Crippen MR) is 163 cm³/mol. The maximum absolute atomic E-state index is 13.7. The van der Waals surface area contributed by atoms with Crippen LogP contribution in [0.3, 0.4) is 0 Å². The summed E-state index contributed by atoms with van der Waals surface area (Å²) in [6, 6.07) is 25.5. The summed E-state index contributed by atoms with van der Waals surface area (Å²) < 4.78 is 19.0. The minimum Gasteiger partial charge on any atom is -0.493 e. The largest absolute Gasteiger partial charge is 0.493 e. The predicted octanol–water partition coefficient (Wildman–Crippen LogP) is 7.89. The van der Waals surface area contributed by atoms with Crippen LogP contribution in [0.5, 0.6) is 11.5 Å². The zero-order valence-corrected chi connectivity index (χ0v) is 23.6.